The first-order valence-electron chi connectivity index (χ1n) is 18.7. The third-order valence-corrected chi connectivity index (χ3v) is 10.2. The molecule has 0 bridgehead atoms. The summed E-state index contributed by atoms with van der Waals surface area (Å²) in [6.07, 6.45) is 8.23. The van der Waals surface area contributed by atoms with Crippen LogP contribution < -0.4 is 18.9 Å². The minimum atomic E-state index is -4.07. The van der Waals surface area contributed by atoms with E-state index in [0.29, 0.717) is 52.1 Å². The van der Waals surface area contributed by atoms with E-state index in [2.05, 4.69) is 13.2 Å². The molecule has 4 aromatic carbocycles. The van der Waals surface area contributed by atoms with Gasteiger partial charge in [0.15, 0.2) is 0 Å². The molecule has 0 aliphatic heterocycles. The van der Waals surface area contributed by atoms with Crippen molar-refractivity contribution in [1.82, 2.24) is 0 Å². The highest BCUT2D eigenvalue weighted by Gasteiger charge is 2.21. The molecular formula is C44H44F2O12S. The molecule has 4 rings (SSSR count). The molecule has 0 saturated heterocycles. The molecule has 59 heavy (non-hydrogen) atoms. The second kappa shape index (κ2) is 23.2. The second-order valence-electron chi connectivity index (χ2n) is 12.8. The smallest absolute Gasteiger partial charge is 0.346 e. The Bertz CT molecular complexity index is 2040. The van der Waals surface area contributed by atoms with Crippen molar-refractivity contribution < 1.29 is 64.8 Å². The summed E-state index contributed by atoms with van der Waals surface area (Å²) >= 11 is 0. The fourth-order valence-corrected chi connectivity index (χ4v) is 6.56. The summed E-state index contributed by atoms with van der Waals surface area (Å²) in [5, 5.41) is 0. The van der Waals surface area contributed by atoms with Gasteiger partial charge in [-0.2, -0.15) is 0 Å². The number of esters is 4. The van der Waals surface area contributed by atoms with Gasteiger partial charge >= 0.3 is 23.9 Å². The number of carbonyl (C=O) groups excluding carboxylic acids is 4. The maximum Gasteiger partial charge on any atom is 0.346 e. The summed E-state index contributed by atoms with van der Waals surface area (Å²) in [7, 11) is -4.07. The Morgan fingerprint density at radius 3 is 1.17 bits per heavy atom. The highest BCUT2D eigenvalue weighted by atomic mass is 32.2. The number of sulfone groups is 1. The third kappa shape index (κ3) is 14.5. The number of halogens is 2. The van der Waals surface area contributed by atoms with E-state index in [1.807, 2.05) is 0 Å². The number of carbonyl (C=O) groups is 4. The summed E-state index contributed by atoms with van der Waals surface area (Å²) in [5.41, 5.74) is -0.696. The zero-order chi connectivity index (χ0) is 42.6. The van der Waals surface area contributed by atoms with Crippen molar-refractivity contribution in [2.45, 2.75) is 61.2 Å². The monoisotopic (exact) mass is 834 g/mol. The van der Waals surface area contributed by atoms with Crippen molar-refractivity contribution in [2.24, 2.45) is 0 Å². The van der Waals surface area contributed by atoms with Crippen LogP contribution >= 0.6 is 0 Å². The van der Waals surface area contributed by atoms with Gasteiger partial charge in [-0.1, -0.05) is 13.2 Å². The second-order valence-corrected chi connectivity index (χ2v) is 14.7. The van der Waals surface area contributed by atoms with Crippen LogP contribution in [-0.4, -0.2) is 58.7 Å². The van der Waals surface area contributed by atoms with Gasteiger partial charge < -0.3 is 28.4 Å². The molecule has 0 spiro atoms. The van der Waals surface area contributed by atoms with Crippen molar-refractivity contribution in [3.05, 3.63) is 133 Å². The Morgan fingerprint density at radius 2 is 0.831 bits per heavy atom. The average Bonchev–Trinajstić information content (AvgIpc) is 3.22. The number of unbranched alkanes of at least 4 members (excludes halogenated alkanes) is 6. The van der Waals surface area contributed by atoms with Gasteiger partial charge in [-0.05, 0) is 124 Å². The average molecular weight is 835 g/mol. The quantitative estimate of drug-likeness (QED) is 0.0287. The van der Waals surface area contributed by atoms with Crippen LogP contribution in [0.1, 0.15) is 72.1 Å². The van der Waals surface area contributed by atoms with Crippen molar-refractivity contribution in [3.8, 4) is 23.0 Å². The maximum absolute atomic E-state index is 14.8. The fourth-order valence-electron chi connectivity index (χ4n) is 5.29. The molecule has 0 heterocycles. The topological polar surface area (TPSA) is 158 Å². The van der Waals surface area contributed by atoms with Gasteiger partial charge in [-0.25, -0.2) is 36.4 Å². The lowest BCUT2D eigenvalue weighted by atomic mass is 10.2. The molecule has 0 aromatic heterocycles. The van der Waals surface area contributed by atoms with E-state index >= 15 is 0 Å². The predicted molar refractivity (Wildman–Crippen MR) is 211 cm³/mol. The minimum Gasteiger partial charge on any atom is -0.493 e. The van der Waals surface area contributed by atoms with Crippen LogP contribution in [-0.2, 0) is 28.9 Å². The number of benzene rings is 4. The highest BCUT2D eigenvalue weighted by molar-refractivity contribution is 7.91. The van der Waals surface area contributed by atoms with Crippen LogP contribution in [0.25, 0.3) is 0 Å². The predicted octanol–water partition coefficient (Wildman–Crippen LogP) is 8.57. The molecule has 0 aliphatic carbocycles. The van der Waals surface area contributed by atoms with Crippen molar-refractivity contribution >= 4 is 33.7 Å². The first-order chi connectivity index (χ1) is 28.4. The first-order valence-corrected chi connectivity index (χ1v) is 20.2. The maximum atomic E-state index is 14.8. The minimum absolute atomic E-state index is 0.0283. The molecule has 312 valence electrons. The standard InChI is InChI=1S/C44H44F2O12S/c1-3-41(47)55-27-11-7-5-9-25-53-33-17-23-37(39(45)29-33)43(49)57-31-13-19-35(20-14-31)59(51,52)36-21-15-32(16-22-36)58-44(50)38-24-18-34(30-40(38)46)54-26-10-6-8-12-28-56-42(48)4-2/h3-4,13-24,29-30H,1-2,5-12,25-28H2. The number of hydrogen-bond acceptors (Lipinski definition) is 12. The van der Waals surface area contributed by atoms with E-state index in [9.17, 15) is 36.4 Å². The van der Waals surface area contributed by atoms with Crippen LogP contribution in [0, 0.1) is 11.6 Å². The third-order valence-electron chi connectivity index (χ3n) is 8.45. The van der Waals surface area contributed by atoms with E-state index in [4.69, 9.17) is 28.4 Å². The molecule has 0 aliphatic rings. The largest absolute Gasteiger partial charge is 0.493 e. The highest BCUT2D eigenvalue weighted by Crippen LogP contribution is 2.27. The fraction of sp³-hybridized carbons (Fsp3) is 0.273. The number of ether oxygens (including phenoxy) is 6. The van der Waals surface area contributed by atoms with Gasteiger partial charge in [0.25, 0.3) is 0 Å². The van der Waals surface area contributed by atoms with E-state index in [-0.39, 0.29) is 43.9 Å². The molecule has 12 nitrogen and oxygen atoms in total. The van der Waals surface area contributed by atoms with E-state index in [1.54, 1.807) is 0 Å². The van der Waals surface area contributed by atoms with E-state index in [0.717, 1.165) is 50.0 Å². The van der Waals surface area contributed by atoms with Crippen molar-refractivity contribution in [1.29, 1.82) is 0 Å². The molecular weight excluding hydrogens is 791 g/mol. The van der Waals surface area contributed by atoms with Crippen LogP contribution in [0.5, 0.6) is 23.0 Å². The molecule has 0 radical (unpaired) electrons. The Kier molecular flexibility index (Phi) is 17.8. The number of rotatable bonds is 24. The summed E-state index contributed by atoms with van der Waals surface area (Å²) in [5.74, 6) is -4.25. The van der Waals surface area contributed by atoms with Crippen LogP contribution in [0.4, 0.5) is 8.78 Å². The molecule has 4 aromatic rings. The summed E-state index contributed by atoms with van der Waals surface area (Å²) < 4.78 is 87.6. The molecule has 0 amide bonds. The van der Waals surface area contributed by atoms with Gasteiger partial charge in [-0.3, -0.25) is 0 Å². The Balaban J connectivity index is 1.22. The lowest BCUT2D eigenvalue weighted by Crippen LogP contribution is -2.11. The summed E-state index contributed by atoms with van der Waals surface area (Å²) in [6.45, 7) is 7.91. The SMILES string of the molecule is C=CC(=O)OCCCCCCOc1ccc(C(=O)Oc2ccc(S(=O)(=O)c3ccc(OC(=O)c4ccc(OCCCCCCOC(=O)C=C)cc4F)cc3)cc2)c(F)c1. The Hall–Kier alpha value is -6.35. The zero-order valence-electron chi connectivity index (χ0n) is 32.2. The normalized spacial score (nSPS) is 10.9. The molecule has 0 fully saturated rings. The summed E-state index contributed by atoms with van der Waals surface area (Å²) in [6, 6.07) is 17.3. The van der Waals surface area contributed by atoms with E-state index in [1.165, 1.54) is 72.8 Å². The van der Waals surface area contributed by atoms with Gasteiger partial charge in [0.1, 0.15) is 34.6 Å². The lowest BCUT2D eigenvalue weighted by molar-refractivity contribution is -0.138. The van der Waals surface area contributed by atoms with Crippen molar-refractivity contribution in [3.63, 3.8) is 0 Å². The lowest BCUT2D eigenvalue weighted by Gasteiger charge is -2.10. The molecule has 15 heteroatoms. The Morgan fingerprint density at radius 1 is 0.492 bits per heavy atom. The van der Waals surface area contributed by atoms with Gasteiger partial charge in [-0.15, -0.1) is 0 Å². The molecule has 0 atom stereocenters. The zero-order valence-corrected chi connectivity index (χ0v) is 33.0. The van der Waals surface area contributed by atoms with Gasteiger partial charge in [0.2, 0.25) is 9.84 Å². The van der Waals surface area contributed by atoms with Crippen molar-refractivity contribution in [2.75, 3.05) is 26.4 Å². The molecule has 0 N–H and O–H groups in total. The summed E-state index contributed by atoms with van der Waals surface area (Å²) in [4.78, 5) is 47.2. The number of hydrogen-bond donors (Lipinski definition) is 0. The van der Waals surface area contributed by atoms with E-state index < -0.39 is 45.3 Å². The first kappa shape index (κ1) is 45.4. The Labute approximate surface area is 341 Å². The van der Waals surface area contributed by atoms with Gasteiger partial charge in [0, 0.05) is 24.3 Å². The molecule has 0 unspecified atom stereocenters. The van der Waals surface area contributed by atoms with Crippen LogP contribution in [0.15, 0.2) is 120 Å². The molecule has 0 saturated carbocycles. The van der Waals surface area contributed by atoms with Crippen LogP contribution in [0.2, 0.25) is 0 Å². The van der Waals surface area contributed by atoms with Crippen LogP contribution in [0.3, 0.4) is 0 Å². The van der Waals surface area contributed by atoms with Gasteiger partial charge in [0.05, 0.1) is 47.3 Å².